The third kappa shape index (κ3) is 21.9. The fourth-order valence-corrected chi connectivity index (χ4v) is 5.42. The first-order valence-corrected chi connectivity index (χ1v) is 18.4. The van der Waals surface area contributed by atoms with Crippen molar-refractivity contribution in [3.05, 3.63) is 57.6 Å². The number of carbonyl (C=O) groups is 2. The first-order valence-electron chi connectivity index (χ1n) is 18.4. The molecule has 0 aromatic heterocycles. The van der Waals surface area contributed by atoms with Gasteiger partial charge in [-0.15, -0.1) is 0 Å². The van der Waals surface area contributed by atoms with E-state index in [1.54, 1.807) is 47.9 Å². The van der Waals surface area contributed by atoms with Crippen molar-refractivity contribution in [2.75, 3.05) is 94.2 Å². The van der Waals surface area contributed by atoms with E-state index in [0.29, 0.717) is 69.3 Å². The van der Waals surface area contributed by atoms with Crippen molar-refractivity contribution in [3.63, 3.8) is 0 Å². The van der Waals surface area contributed by atoms with Crippen LogP contribution in [0.5, 0.6) is 0 Å². The smallest absolute Gasteiger partial charge is 0.390 e. The van der Waals surface area contributed by atoms with Crippen LogP contribution in [0.1, 0.15) is 47.4 Å². The van der Waals surface area contributed by atoms with Gasteiger partial charge in [0.05, 0.1) is 36.5 Å². The lowest BCUT2D eigenvalue weighted by Gasteiger charge is -2.36. The number of nitro benzene ring substituents is 1. The normalized spacial score (nSPS) is 14.5. The monoisotopic (exact) mass is 819 g/mol. The van der Waals surface area contributed by atoms with E-state index in [9.17, 15) is 46.0 Å². The molecule has 2 aromatic carbocycles. The first kappa shape index (κ1) is 53.3. The van der Waals surface area contributed by atoms with Crippen LogP contribution in [0.25, 0.3) is 0 Å². The van der Waals surface area contributed by atoms with Crippen molar-refractivity contribution in [1.82, 2.24) is 9.80 Å². The van der Waals surface area contributed by atoms with Crippen LogP contribution >= 0.6 is 0 Å². The highest BCUT2D eigenvalue weighted by molar-refractivity contribution is 7.60. The van der Waals surface area contributed by atoms with Gasteiger partial charge in [0.1, 0.15) is 5.56 Å². The number of nitro groups is 1. The van der Waals surface area contributed by atoms with Crippen LogP contribution in [-0.4, -0.2) is 184 Å². The standard InChI is InChI=1S/C16H20F3N3O4.C16H22F3N3O2.B5.B4/c1-2-26-15(23)13-4-3-12(11-14(13)22(24)25)21-9-7-20(8-10-21)6-5-16(17,18)19;1-2-24-15(23)13-4-3-12(11-14(13)20)22-9-7-21(8-10-22)6-5-16(17,18)19;1-4-5(2)3;1-4(2)3/h3-4,11H,2,5-10H2,1H3;3-4,11H,2,5-10,20H2,1H3;;. The SMILES string of the molecule is CCOC(=O)c1ccc(N2CCN(CCC(F)(F)F)CC2)cc1N.CCOC(=O)c1ccc(N2CCN(CCC(F)(F)F)CC2)cc1[N+](=O)[O-].[B]B([B])[B].[B][B]B([B])[B]. The first-order chi connectivity index (χ1) is 27.5. The van der Waals surface area contributed by atoms with Crippen molar-refractivity contribution in [2.24, 2.45) is 0 Å². The summed E-state index contributed by atoms with van der Waals surface area (Å²) in [5, 5.41) is 11.3. The van der Waals surface area contributed by atoms with Gasteiger partial charge in [-0.05, 0) is 44.2 Å². The number of halogens is 6. The lowest BCUT2D eigenvalue weighted by Crippen LogP contribution is -2.47. The van der Waals surface area contributed by atoms with E-state index >= 15 is 0 Å². The minimum absolute atomic E-state index is 0.0290. The molecule has 0 aliphatic carbocycles. The van der Waals surface area contributed by atoms with Gasteiger partial charge in [-0.3, -0.25) is 19.9 Å². The Hall–Kier alpha value is -3.74. The van der Waals surface area contributed by atoms with Crippen LogP contribution in [0.4, 0.5) is 49.1 Å². The number of hydrogen-bond acceptors (Lipinski definition) is 11. The Kier molecular flexibility index (Phi) is 23.9. The lowest BCUT2D eigenvalue weighted by molar-refractivity contribution is -0.385. The number of hydrogen-bond donors (Lipinski definition) is 1. The molecule has 2 heterocycles. The summed E-state index contributed by atoms with van der Waals surface area (Å²) in [6.45, 7) is 7.83. The van der Waals surface area contributed by atoms with Gasteiger partial charge in [0.2, 0.25) is 0 Å². The number of rotatable bonds is 12. The average molecular weight is 818 g/mol. The van der Waals surface area contributed by atoms with Gasteiger partial charge in [-0.2, -0.15) is 26.3 Å². The Morgan fingerprint density at radius 1 is 0.746 bits per heavy atom. The summed E-state index contributed by atoms with van der Waals surface area (Å²) in [7, 11) is 29.8. The summed E-state index contributed by atoms with van der Waals surface area (Å²) in [5.74, 6) is -1.22. The number of nitrogen functional groups attached to an aromatic ring is 1. The van der Waals surface area contributed by atoms with Crippen molar-refractivity contribution >= 4 is 101 Å². The summed E-state index contributed by atoms with van der Waals surface area (Å²) < 4.78 is 83.4. The summed E-state index contributed by atoms with van der Waals surface area (Å²) in [6.07, 6.45) is -11.1. The number of ether oxygens (including phenoxy) is 2. The molecule has 2 saturated heterocycles. The van der Waals surface area contributed by atoms with Crippen molar-refractivity contribution in [2.45, 2.75) is 39.0 Å². The van der Waals surface area contributed by atoms with Crippen LogP contribution in [0.3, 0.4) is 0 Å². The van der Waals surface area contributed by atoms with Gasteiger partial charge in [-0.1, -0.05) is 0 Å². The molecule has 0 saturated carbocycles. The lowest BCUT2D eigenvalue weighted by atomic mass is 8.97. The van der Waals surface area contributed by atoms with Gasteiger partial charge < -0.3 is 25.0 Å². The molecule has 0 amide bonds. The Morgan fingerprint density at radius 3 is 1.42 bits per heavy atom. The predicted molar refractivity (Wildman–Crippen MR) is 226 cm³/mol. The molecule has 0 spiro atoms. The molecule has 2 aliphatic heterocycles. The Balaban J connectivity index is 0.000000490. The minimum atomic E-state index is -4.18. The van der Waals surface area contributed by atoms with Crippen LogP contribution in [0.2, 0.25) is 0 Å². The second-order valence-electron chi connectivity index (χ2n) is 12.9. The maximum absolute atomic E-state index is 12.3. The molecule has 2 aromatic rings. The number of alkyl halides is 6. The van der Waals surface area contributed by atoms with Crippen molar-refractivity contribution in [1.29, 1.82) is 0 Å². The van der Waals surface area contributed by atoms with Crippen molar-refractivity contribution in [3.8, 4) is 0 Å². The van der Waals surface area contributed by atoms with E-state index in [1.807, 2.05) is 4.90 Å². The second-order valence-corrected chi connectivity index (χ2v) is 12.9. The molecular formula is C32H42B9F6N6O6. The van der Waals surface area contributed by atoms with E-state index in [2.05, 4.69) is 28.1 Å². The molecule has 12 nitrogen and oxygen atoms in total. The van der Waals surface area contributed by atoms with E-state index < -0.39 is 54.8 Å². The van der Waals surface area contributed by atoms with Crippen molar-refractivity contribution < 1.29 is 50.3 Å². The Labute approximate surface area is 351 Å². The molecule has 59 heavy (non-hydrogen) atoms. The third-order valence-corrected chi connectivity index (χ3v) is 8.32. The number of anilines is 3. The molecule has 4 rings (SSSR count). The Bertz CT molecular complexity index is 1590. The molecular weight excluding hydrogens is 776 g/mol. The highest BCUT2D eigenvalue weighted by Gasteiger charge is 2.30. The Morgan fingerprint density at radius 2 is 1.10 bits per heavy atom. The van der Waals surface area contributed by atoms with Crippen LogP contribution in [-0.2, 0) is 9.47 Å². The predicted octanol–water partition coefficient (Wildman–Crippen LogP) is 1.94. The highest BCUT2D eigenvalue weighted by Crippen LogP contribution is 2.28. The molecule has 27 heteroatoms. The van der Waals surface area contributed by atoms with Crippen LogP contribution in [0.15, 0.2) is 36.4 Å². The molecule has 0 unspecified atom stereocenters. The van der Waals surface area contributed by atoms with E-state index in [1.165, 1.54) is 19.2 Å². The van der Waals surface area contributed by atoms with Crippen LogP contribution < -0.4 is 15.5 Å². The summed E-state index contributed by atoms with van der Waals surface area (Å²) in [5.41, 5.74) is 7.53. The zero-order valence-electron chi connectivity index (χ0n) is 33.1. The molecule has 0 bridgehead atoms. The van der Waals surface area contributed by atoms with Crippen LogP contribution in [0, 0.1) is 10.1 Å². The maximum atomic E-state index is 12.3. The number of nitrogens with zero attached hydrogens (tertiary/aromatic N) is 5. The fraction of sp³-hybridized carbons (Fsp3) is 0.562. The zero-order valence-corrected chi connectivity index (χ0v) is 33.1. The van der Waals surface area contributed by atoms with Gasteiger partial charge in [0.15, 0.2) is 0 Å². The second kappa shape index (κ2) is 26.5. The molecule has 305 valence electrons. The number of piperazine rings is 2. The quantitative estimate of drug-likeness (QED) is 0.0842. The number of benzene rings is 2. The summed E-state index contributed by atoms with van der Waals surface area (Å²) in [6, 6.07) is 9.36. The number of nitrogens with two attached hydrogens (primary N) is 1. The number of esters is 2. The number of carbonyl (C=O) groups excluding carboxylic acids is 2. The maximum Gasteiger partial charge on any atom is 0.390 e. The van der Waals surface area contributed by atoms with Gasteiger partial charge in [-0.25, -0.2) is 9.59 Å². The van der Waals surface area contributed by atoms with Gasteiger partial charge >= 0.3 is 24.3 Å². The topological polar surface area (TPSA) is 135 Å². The molecule has 2 aliphatic rings. The minimum Gasteiger partial charge on any atom is -0.462 e. The fourth-order valence-electron chi connectivity index (χ4n) is 5.42. The summed E-state index contributed by atoms with van der Waals surface area (Å²) in [4.78, 5) is 41.6. The van der Waals surface area contributed by atoms with Gasteiger partial charge in [0, 0.05) is 155 Å². The summed E-state index contributed by atoms with van der Waals surface area (Å²) >= 11 is 0. The molecule has 2 N–H and O–H groups in total. The largest absolute Gasteiger partial charge is 0.462 e. The average Bonchev–Trinajstić information content (AvgIpc) is 3.16. The molecule has 0 atom stereocenters. The molecule has 13 radical (unpaired) electrons. The van der Waals surface area contributed by atoms with E-state index in [4.69, 9.17) is 38.4 Å². The highest BCUT2D eigenvalue weighted by atomic mass is 19.4. The third-order valence-electron chi connectivity index (χ3n) is 8.32. The molecule has 2 fully saturated rings. The van der Waals surface area contributed by atoms with E-state index in [-0.39, 0.29) is 37.6 Å². The zero-order chi connectivity index (χ0) is 44.9. The van der Waals surface area contributed by atoms with Gasteiger partial charge in [0.25, 0.3) is 5.69 Å². The van der Waals surface area contributed by atoms with E-state index in [0.717, 1.165) is 5.69 Å².